The molecule has 0 bridgehead atoms. The van der Waals surface area contributed by atoms with Crippen LogP contribution < -0.4 is 0 Å². The molecule has 0 amide bonds. The standard InChI is InChI=1S/C9H15ClSi/c1-3-11(10,4-2)9-7-5-6-8-9/h3-4,9H,1-2,5-8H2. The van der Waals surface area contributed by atoms with Crippen LogP contribution in [0.4, 0.5) is 0 Å². The van der Waals surface area contributed by atoms with E-state index >= 15 is 0 Å². The van der Waals surface area contributed by atoms with Gasteiger partial charge < -0.3 is 0 Å². The van der Waals surface area contributed by atoms with Gasteiger partial charge in [-0.05, 0) is 5.54 Å². The largest absolute Gasteiger partial charge is 0.205 e. The molecule has 11 heavy (non-hydrogen) atoms. The molecule has 1 fully saturated rings. The Hall–Kier alpha value is -0.0131. The quantitative estimate of drug-likeness (QED) is 0.467. The average molecular weight is 187 g/mol. The molecule has 0 N–H and O–H groups in total. The monoisotopic (exact) mass is 186 g/mol. The fraction of sp³-hybridized carbons (Fsp3) is 0.556. The maximum atomic E-state index is 6.42. The van der Waals surface area contributed by atoms with E-state index in [1.165, 1.54) is 25.7 Å². The average Bonchev–Trinajstić information content (AvgIpc) is 2.55. The van der Waals surface area contributed by atoms with E-state index in [2.05, 4.69) is 13.2 Å². The summed E-state index contributed by atoms with van der Waals surface area (Å²) in [6, 6.07) is 0. The maximum Gasteiger partial charge on any atom is 0.205 e. The third kappa shape index (κ3) is 1.77. The van der Waals surface area contributed by atoms with Crippen molar-refractivity contribution in [1.82, 2.24) is 0 Å². The summed E-state index contributed by atoms with van der Waals surface area (Å²) in [5.41, 5.74) is 4.62. The van der Waals surface area contributed by atoms with Gasteiger partial charge in [-0.15, -0.1) is 13.2 Å². The third-order valence-corrected chi connectivity index (χ3v) is 7.54. The summed E-state index contributed by atoms with van der Waals surface area (Å²) in [5.74, 6) is 0. The minimum absolute atomic E-state index is 0.708. The summed E-state index contributed by atoms with van der Waals surface area (Å²) in [4.78, 5) is 0. The molecule has 0 heterocycles. The second-order valence-corrected chi connectivity index (χ2v) is 8.47. The summed E-state index contributed by atoms with van der Waals surface area (Å²) in [7, 11) is -1.76. The highest BCUT2D eigenvalue weighted by molar-refractivity contribution is 7.26. The topological polar surface area (TPSA) is 0 Å². The molecule has 0 radical (unpaired) electrons. The Bertz CT molecular complexity index is 151. The number of halogens is 1. The molecule has 0 aromatic rings. The molecule has 0 aromatic carbocycles. The van der Waals surface area contributed by atoms with Crippen LogP contribution in [0.15, 0.2) is 24.6 Å². The van der Waals surface area contributed by atoms with Crippen LogP contribution in [-0.4, -0.2) is 7.38 Å². The molecule has 1 aliphatic carbocycles. The van der Waals surface area contributed by atoms with E-state index < -0.39 is 7.38 Å². The van der Waals surface area contributed by atoms with Crippen LogP contribution in [0.3, 0.4) is 0 Å². The number of rotatable bonds is 3. The van der Waals surface area contributed by atoms with Crippen molar-refractivity contribution in [2.24, 2.45) is 0 Å². The molecule has 0 spiro atoms. The number of hydrogen-bond donors (Lipinski definition) is 0. The van der Waals surface area contributed by atoms with Gasteiger partial charge in [-0.3, -0.25) is 0 Å². The van der Waals surface area contributed by atoms with Crippen molar-refractivity contribution in [3.8, 4) is 0 Å². The van der Waals surface area contributed by atoms with Crippen LogP contribution in [0.2, 0.25) is 5.54 Å². The molecule has 1 rings (SSSR count). The van der Waals surface area contributed by atoms with Crippen molar-refractivity contribution in [2.45, 2.75) is 31.2 Å². The Morgan fingerprint density at radius 1 is 1.18 bits per heavy atom. The molecule has 0 unspecified atom stereocenters. The highest BCUT2D eigenvalue weighted by atomic mass is 35.6. The summed E-state index contributed by atoms with van der Waals surface area (Å²) >= 11 is 6.42. The van der Waals surface area contributed by atoms with Crippen molar-refractivity contribution in [3.63, 3.8) is 0 Å². The van der Waals surface area contributed by atoms with Crippen molar-refractivity contribution in [1.29, 1.82) is 0 Å². The van der Waals surface area contributed by atoms with Gasteiger partial charge in [0.15, 0.2) is 0 Å². The van der Waals surface area contributed by atoms with Gasteiger partial charge in [-0.2, -0.15) is 11.1 Å². The molecule has 0 nitrogen and oxygen atoms in total. The first kappa shape index (κ1) is 9.08. The molecule has 1 aliphatic rings. The summed E-state index contributed by atoms with van der Waals surface area (Å²) < 4.78 is 0. The van der Waals surface area contributed by atoms with E-state index in [1.54, 1.807) is 0 Å². The zero-order valence-electron chi connectivity index (χ0n) is 6.85. The minimum Gasteiger partial charge on any atom is -0.156 e. The first-order valence-electron chi connectivity index (χ1n) is 4.19. The molecule has 0 aliphatic heterocycles. The predicted octanol–water partition coefficient (Wildman–Crippen LogP) is 3.57. The van der Waals surface area contributed by atoms with E-state index in [9.17, 15) is 0 Å². The van der Waals surface area contributed by atoms with Crippen LogP contribution in [0.25, 0.3) is 0 Å². The molecular formula is C9H15ClSi. The predicted molar refractivity (Wildman–Crippen MR) is 54.2 cm³/mol. The highest BCUT2D eigenvalue weighted by Gasteiger charge is 2.35. The Morgan fingerprint density at radius 2 is 1.64 bits per heavy atom. The first-order valence-corrected chi connectivity index (χ1v) is 7.43. The van der Waals surface area contributed by atoms with Crippen LogP contribution in [-0.2, 0) is 0 Å². The van der Waals surface area contributed by atoms with Crippen molar-refractivity contribution >= 4 is 18.5 Å². The second-order valence-electron chi connectivity index (χ2n) is 3.22. The van der Waals surface area contributed by atoms with Crippen molar-refractivity contribution in [3.05, 3.63) is 24.6 Å². The molecule has 2 heteroatoms. The zero-order chi connectivity index (χ0) is 8.32. The second kappa shape index (κ2) is 3.59. The lowest BCUT2D eigenvalue weighted by Gasteiger charge is -2.22. The number of hydrogen-bond acceptors (Lipinski definition) is 0. The Kier molecular flexibility index (Phi) is 2.96. The van der Waals surface area contributed by atoms with E-state index in [1.807, 2.05) is 11.4 Å². The summed E-state index contributed by atoms with van der Waals surface area (Å²) in [6.45, 7) is 7.61. The summed E-state index contributed by atoms with van der Waals surface area (Å²) in [6.07, 6.45) is 5.25. The van der Waals surface area contributed by atoms with E-state index in [4.69, 9.17) is 11.1 Å². The molecular weight excluding hydrogens is 172 g/mol. The minimum atomic E-state index is -1.76. The SMILES string of the molecule is C=C[Si](Cl)(C=C)C1CCCC1. The van der Waals surface area contributed by atoms with Gasteiger partial charge >= 0.3 is 0 Å². The van der Waals surface area contributed by atoms with E-state index in [0.717, 1.165) is 0 Å². The van der Waals surface area contributed by atoms with E-state index in [-0.39, 0.29) is 0 Å². The van der Waals surface area contributed by atoms with Crippen molar-refractivity contribution < 1.29 is 0 Å². The molecule has 0 aromatic heterocycles. The maximum absolute atomic E-state index is 6.42. The Morgan fingerprint density at radius 3 is 2.00 bits per heavy atom. The lowest BCUT2D eigenvalue weighted by Crippen LogP contribution is -2.27. The normalized spacial score (nSPS) is 20.1. The van der Waals surface area contributed by atoms with E-state index in [0.29, 0.717) is 5.54 Å². The van der Waals surface area contributed by atoms with Gasteiger partial charge in [0.1, 0.15) is 0 Å². The molecule has 0 atom stereocenters. The van der Waals surface area contributed by atoms with Gasteiger partial charge in [0.05, 0.1) is 0 Å². The van der Waals surface area contributed by atoms with Crippen LogP contribution in [0.5, 0.6) is 0 Å². The smallest absolute Gasteiger partial charge is 0.156 e. The fourth-order valence-electron chi connectivity index (χ4n) is 1.78. The van der Waals surface area contributed by atoms with Gasteiger partial charge in [0.2, 0.25) is 7.38 Å². The zero-order valence-corrected chi connectivity index (χ0v) is 8.61. The lowest BCUT2D eigenvalue weighted by molar-refractivity contribution is 0.858. The van der Waals surface area contributed by atoms with Crippen LogP contribution in [0.1, 0.15) is 25.7 Å². The highest BCUT2D eigenvalue weighted by Crippen LogP contribution is 2.41. The molecule has 0 saturated heterocycles. The Balaban J connectivity index is 2.66. The van der Waals surface area contributed by atoms with Gasteiger partial charge in [-0.25, -0.2) is 0 Å². The van der Waals surface area contributed by atoms with Gasteiger partial charge in [0, 0.05) is 0 Å². The first-order chi connectivity index (χ1) is 5.23. The fourth-order valence-corrected chi connectivity index (χ4v) is 4.57. The van der Waals surface area contributed by atoms with Gasteiger partial charge in [0.25, 0.3) is 0 Å². The summed E-state index contributed by atoms with van der Waals surface area (Å²) in [5, 5.41) is 0. The lowest BCUT2D eigenvalue weighted by atomic mass is 10.4. The van der Waals surface area contributed by atoms with Crippen LogP contribution in [0, 0.1) is 0 Å². The Labute approximate surface area is 74.7 Å². The third-order valence-electron chi connectivity index (χ3n) is 2.61. The molecule has 1 saturated carbocycles. The van der Waals surface area contributed by atoms with Gasteiger partial charge in [-0.1, -0.05) is 37.1 Å². The van der Waals surface area contributed by atoms with Crippen LogP contribution >= 0.6 is 11.1 Å². The van der Waals surface area contributed by atoms with Crippen molar-refractivity contribution in [2.75, 3.05) is 0 Å². The molecule has 62 valence electrons.